The van der Waals surface area contributed by atoms with Crippen molar-refractivity contribution in [3.05, 3.63) is 72.1 Å². The molecule has 0 fully saturated rings. The Morgan fingerprint density at radius 2 is 1.79 bits per heavy atom. The van der Waals surface area contributed by atoms with Crippen LogP contribution in [0.15, 0.2) is 60.8 Å². The average Bonchev–Trinajstić information content (AvgIpc) is 3.00. The summed E-state index contributed by atoms with van der Waals surface area (Å²) in [6.45, 7) is 0.123. The molecular weight excluding hydrogens is 304 g/mol. The Kier molecular flexibility index (Phi) is 3.27. The number of carbonyl (C=O) groups is 2. The van der Waals surface area contributed by atoms with Gasteiger partial charge in [-0.05, 0) is 23.1 Å². The minimum Gasteiger partial charge on any atom is -0.481 e. The Morgan fingerprint density at radius 1 is 1.04 bits per heavy atom. The fourth-order valence-corrected chi connectivity index (χ4v) is 3.23. The molecule has 0 saturated carbocycles. The summed E-state index contributed by atoms with van der Waals surface area (Å²) in [5, 5.41) is 11.1. The number of pyridine rings is 1. The zero-order valence-corrected chi connectivity index (χ0v) is 12.7. The van der Waals surface area contributed by atoms with E-state index >= 15 is 0 Å². The van der Waals surface area contributed by atoms with Gasteiger partial charge in [0.05, 0.1) is 0 Å². The average molecular weight is 318 g/mol. The van der Waals surface area contributed by atoms with Crippen molar-refractivity contribution in [2.75, 3.05) is 11.4 Å². The number of rotatable bonds is 2. The van der Waals surface area contributed by atoms with Crippen molar-refractivity contribution in [3.63, 3.8) is 0 Å². The van der Waals surface area contributed by atoms with Gasteiger partial charge in [-0.3, -0.25) is 14.6 Å². The number of fused-ring (bicyclic) bond motifs is 2. The second-order valence-corrected chi connectivity index (χ2v) is 5.75. The Morgan fingerprint density at radius 3 is 2.62 bits per heavy atom. The molecule has 0 radical (unpaired) electrons. The number of carbonyl (C=O) groups excluding carboxylic acids is 1. The highest BCUT2D eigenvalue weighted by atomic mass is 16.4. The second kappa shape index (κ2) is 5.45. The number of para-hydroxylation sites is 1. The molecule has 1 aliphatic heterocycles. The van der Waals surface area contributed by atoms with Gasteiger partial charge >= 0.3 is 5.97 Å². The molecule has 1 N–H and O–H groups in total. The quantitative estimate of drug-likeness (QED) is 0.788. The van der Waals surface area contributed by atoms with Gasteiger partial charge in [0.1, 0.15) is 11.6 Å². The molecule has 24 heavy (non-hydrogen) atoms. The maximum Gasteiger partial charge on any atom is 0.312 e. The Balaban J connectivity index is 1.82. The summed E-state index contributed by atoms with van der Waals surface area (Å²) in [7, 11) is 0. The Labute approximate surface area is 138 Å². The monoisotopic (exact) mass is 318 g/mol. The molecule has 1 atom stereocenters. The van der Waals surface area contributed by atoms with Crippen molar-refractivity contribution in [2.45, 2.75) is 5.92 Å². The van der Waals surface area contributed by atoms with E-state index < -0.39 is 11.9 Å². The highest BCUT2D eigenvalue weighted by molar-refractivity contribution is 6.14. The largest absolute Gasteiger partial charge is 0.481 e. The van der Waals surface area contributed by atoms with Crippen LogP contribution < -0.4 is 4.90 Å². The zero-order chi connectivity index (χ0) is 16.7. The molecule has 5 nitrogen and oxygen atoms in total. The van der Waals surface area contributed by atoms with Crippen LogP contribution in [0, 0.1) is 0 Å². The van der Waals surface area contributed by atoms with Crippen molar-refractivity contribution in [3.8, 4) is 0 Å². The van der Waals surface area contributed by atoms with Crippen LogP contribution in [-0.4, -0.2) is 28.5 Å². The second-order valence-electron chi connectivity index (χ2n) is 5.75. The first kappa shape index (κ1) is 14.4. The van der Waals surface area contributed by atoms with E-state index in [1.807, 2.05) is 30.3 Å². The van der Waals surface area contributed by atoms with E-state index in [-0.39, 0.29) is 12.5 Å². The Hall–Kier alpha value is -3.21. The first-order valence-corrected chi connectivity index (χ1v) is 7.64. The summed E-state index contributed by atoms with van der Waals surface area (Å²) < 4.78 is 0. The molecule has 118 valence electrons. The van der Waals surface area contributed by atoms with E-state index in [0.29, 0.717) is 16.9 Å². The minimum absolute atomic E-state index is 0.123. The fourth-order valence-electron chi connectivity index (χ4n) is 3.23. The lowest BCUT2D eigenvalue weighted by atomic mass is 10.0. The first-order valence-electron chi connectivity index (χ1n) is 7.64. The normalized spacial score (nSPS) is 16.2. The molecule has 5 heteroatoms. The first-order chi connectivity index (χ1) is 11.7. The predicted octanol–water partition coefficient (Wildman–Crippen LogP) is 3.06. The molecule has 0 bridgehead atoms. The third-order valence-electron chi connectivity index (χ3n) is 4.39. The van der Waals surface area contributed by atoms with Gasteiger partial charge in [-0.15, -0.1) is 0 Å². The highest BCUT2D eigenvalue weighted by Gasteiger charge is 2.37. The van der Waals surface area contributed by atoms with Crippen molar-refractivity contribution in [2.24, 2.45) is 0 Å². The summed E-state index contributed by atoms with van der Waals surface area (Å²) in [5.41, 5.74) is 1.65. The third kappa shape index (κ3) is 2.13. The molecular formula is C19H14N2O3. The number of anilines is 1. The molecule has 1 aliphatic rings. The topological polar surface area (TPSA) is 70.5 Å². The molecule has 4 rings (SSSR count). The maximum absolute atomic E-state index is 13.1. The van der Waals surface area contributed by atoms with Crippen molar-refractivity contribution in [1.29, 1.82) is 0 Å². The molecule has 2 aromatic carbocycles. The smallest absolute Gasteiger partial charge is 0.312 e. The molecule has 0 aliphatic carbocycles. The van der Waals surface area contributed by atoms with Crippen LogP contribution in [0.2, 0.25) is 0 Å². The van der Waals surface area contributed by atoms with Gasteiger partial charge < -0.3 is 10.0 Å². The van der Waals surface area contributed by atoms with E-state index in [1.54, 1.807) is 30.5 Å². The number of aromatic nitrogens is 1. The molecule has 0 spiro atoms. The van der Waals surface area contributed by atoms with Gasteiger partial charge in [-0.2, -0.15) is 0 Å². The van der Waals surface area contributed by atoms with Crippen LogP contribution in [0.5, 0.6) is 0 Å². The van der Waals surface area contributed by atoms with Crippen LogP contribution in [0.3, 0.4) is 0 Å². The number of carboxylic acids is 1. The van der Waals surface area contributed by atoms with E-state index in [2.05, 4.69) is 4.98 Å². The number of aliphatic carboxylic acids is 1. The number of carboxylic acid groups (broad SMARTS) is 1. The molecule has 1 amide bonds. The van der Waals surface area contributed by atoms with Crippen LogP contribution in [0.25, 0.3) is 10.8 Å². The van der Waals surface area contributed by atoms with E-state index in [1.165, 1.54) is 4.90 Å². The molecule has 1 aromatic heterocycles. The van der Waals surface area contributed by atoms with Gasteiger partial charge in [-0.1, -0.05) is 42.5 Å². The van der Waals surface area contributed by atoms with Crippen LogP contribution in [0.1, 0.15) is 22.0 Å². The number of hydrogen-bond acceptors (Lipinski definition) is 3. The summed E-state index contributed by atoms with van der Waals surface area (Å²) in [6.07, 6.45) is 1.60. The van der Waals surface area contributed by atoms with E-state index in [4.69, 9.17) is 0 Å². The van der Waals surface area contributed by atoms with Gasteiger partial charge in [0, 0.05) is 23.8 Å². The molecule has 0 unspecified atom stereocenters. The van der Waals surface area contributed by atoms with Gasteiger partial charge in [0.15, 0.2) is 0 Å². The lowest BCUT2D eigenvalue weighted by Crippen LogP contribution is -2.32. The Bertz CT molecular complexity index is 962. The fraction of sp³-hybridized carbons (Fsp3) is 0.105. The minimum atomic E-state index is -0.927. The summed E-state index contributed by atoms with van der Waals surface area (Å²) in [5.74, 6) is -1.91. The molecule has 2 heterocycles. The third-order valence-corrected chi connectivity index (χ3v) is 4.39. The number of hydrogen-bond donors (Lipinski definition) is 1. The van der Waals surface area contributed by atoms with E-state index in [9.17, 15) is 14.7 Å². The van der Waals surface area contributed by atoms with E-state index in [0.717, 1.165) is 10.8 Å². The SMILES string of the molecule is O=C(O)[C@@H]1CN(C(=O)c2nccc3ccccc23)c2ccccc21. The van der Waals surface area contributed by atoms with Gasteiger partial charge in [-0.25, -0.2) is 0 Å². The summed E-state index contributed by atoms with van der Waals surface area (Å²) >= 11 is 0. The molecule has 0 saturated heterocycles. The summed E-state index contributed by atoms with van der Waals surface area (Å²) in [4.78, 5) is 30.4. The highest BCUT2D eigenvalue weighted by Crippen LogP contribution is 2.37. The zero-order valence-electron chi connectivity index (χ0n) is 12.7. The van der Waals surface area contributed by atoms with Crippen LogP contribution in [0.4, 0.5) is 5.69 Å². The van der Waals surface area contributed by atoms with Crippen molar-refractivity contribution < 1.29 is 14.7 Å². The lowest BCUT2D eigenvalue weighted by molar-refractivity contribution is -0.138. The van der Waals surface area contributed by atoms with Crippen LogP contribution >= 0.6 is 0 Å². The van der Waals surface area contributed by atoms with Crippen molar-refractivity contribution in [1.82, 2.24) is 4.98 Å². The number of amides is 1. The van der Waals surface area contributed by atoms with Gasteiger partial charge in [0.25, 0.3) is 5.91 Å². The van der Waals surface area contributed by atoms with Crippen LogP contribution in [-0.2, 0) is 4.79 Å². The van der Waals surface area contributed by atoms with Crippen molar-refractivity contribution >= 4 is 28.3 Å². The standard InChI is InChI=1S/C19H14N2O3/c22-18(17-13-6-2-1-5-12(13)9-10-20-17)21-11-15(19(23)24)14-7-3-4-8-16(14)21/h1-10,15H,11H2,(H,23,24)/t15-/m1/s1. The van der Waals surface area contributed by atoms with Gasteiger partial charge in [0.2, 0.25) is 0 Å². The number of benzene rings is 2. The maximum atomic E-state index is 13.1. The lowest BCUT2D eigenvalue weighted by Gasteiger charge is -2.18. The predicted molar refractivity (Wildman–Crippen MR) is 90.2 cm³/mol. The molecule has 3 aromatic rings. The number of nitrogens with zero attached hydrogens (tertiary/aromatic N) is 2. The summed E-state index contributed by atoms with van der Waals surface area (Å²) in [6, 6.07) is 16.5.